The van der Waals surface area contributed by atoms with E-state index in [1.165, 1.54) is 18.9 Å². The van der Waals surface area contributed by atoms with Crippen molar-refractivity contribution in [3.8, 4) is 0 Å². The molecule has 0 radical (unpaired) electrons. The first kappa shape index (κ1) is 12.8. The molecule has 1 aromatic rings. The minimum atomic E-state index is -0.202. The van der Waals surface area contributed by atoms with Crippen LogP contribution in [0, 0.1) is 11.2 Å². The molecule has 0 bridgehead atoms. The summed E-state index contributed by atoms with van der Waals surface area (Å²) in [5.41, 5.74) is 7.05. The van der Waals surface area contributed by atoms with E-state index in [0.717, 1.165) is 12.8 Å². The predicted molar refractivity (Wildman–Crippen MR) is 69.7 cm³/mol. The zero-order chi connectivity index (χ0) is 12.5. The average Bonchev–Trinajstić information content (AvgIpc) is 2.72. The van der Waals surface area contributed by atoms with E-state index in [0.29, 0.717) is 17.0 Å². The molecule has 2 rings (SSSR count). The summed E-state index contributed by atoms with van der Waals surface area (Å²) in [5, 5.41) is 0.574. The van der Waals surface area contributed by atoms with Gasteiger partial charge in [0.2, 0.25) is 0 Å². The van der Waals surface area contributed by atoms with Gasteiger partial charge in [-0.05, 0) is 48.4 Å². The fourth-order valence-corrected chi connectivity index (χ4v) is 2.93. The Balaban J connectivity index is 2.12. The highest BCUT2D eigenvalue weighted by Crippen LogP contribution is 2.40. The van der Waals surface area contributed by atoms with Gasteiger partial charge in [-0.1, -0.05) is 31.4 Å². The fourth-order valence-electron chi connectivity index (χ4n) is 2.74. The monoisotopic (exact) mass is 255 g/mol. The van der Waals surface area contributed by atoms with Crippen molar-refractivity contribution in [1.82, 2.24) is 0 Å². The molecule has 1 fully saturated rings. The van der Waals surface area contributed by atoms with Gasteiger partial charge in [-0.15, -0.1) is 0 Å². The van der Waals surface area contributed by atoms with Crippen LogP contribution in [-0.2, 0) is 6.42 Å². The lowest BCUT2D eigenvalue weighted by atomic mass is 9.78. The summed E-state index contributed by atoms with van der Waals surface area (Å²) in [6, 6.07) is 4.69. The van der Waals surface area contributed by atoms with Gasteiger partial charge < -0.3 is 5.73 Å². The SMILES string of the molecule is CC1(C(N)Cc2cc(Cl)ccc2F)CCCC1. The van der Waals surface area contributed by atoms with Crippen LogP contribution in [0.1, 0.15) is 38.2 Å². The third kappa shape index (κ3) is 2.80. The van der Waals surface area contributed by atoms with E-state index in [1.54, 1.807) is 12.1 Å². The Hall–Kier alpha value is -0.600. The van der Waals surface area contributed by atoms with Gasteiger partial charge in [-0.25, -0.2) is 4.39 Å². The molecule has 17 heavy (non-hydrogen) atoms. The number of benzene rings is 1. The standard InChI is InChI=1S/C14H19ClFN/c1-14(6-2-3-7-14)13(17)9-10-8-11(15)4-5-12(10)16/h4-5,8,13H,2-3,6-7,9,17H2,1H3. The second kappa shape index (κ2) is 4.95. The normalized spacial score (nSPS) is 20.5. The second-order valence-electron chi connectivity index (χ2n) is 5.41. The maximum Gasteiger partial charge on any atom is 0.126 e. The van der Waals surface area contributed by atoms with Crippen LogP contribution in [0.4, 0.5) is 4.39 Å². The summed E-state index contributed by atoms with van der Waals surface area (Å²) in [5.74, 6) is -0.202. The van der Waals surface area contributed by atoms with Crippen LogP contribution in [0.2, 0.25) is 5.02 Å². The smallest absolute Gasteiger partial charge is 0.126 e. The minimum Gasteiger partial charge on any atom is -0.327 e. The van der Waals surface area contributed by atoms with Gasteiger partial charge in [0, 0.05) is 11.1 Å². The van der Waals surface area contributed by atoms with Crippen molar-refractivity contribution in [1.29, 1.82) is 0 Å². The van der Waals surface area contributed by atoms with Gasteiger partial charge in [0.15, 0.2) is 0 Å². The van der Waals surface area contributed by atoms with Crippen molar-refractivity contribution < 1.29 is 4.39 Å². The summed E-state index contributed by atoms with van der Waals surface area (Å²) in [4.78, 5) is 0. The predicted octanol–water partition coefficient (Wildman–Crippen LogP) is 3.93. The second-order valence-corrected chi connectivity index (χ2v) is 5.84. The third-order valence-electron chi connectivity index (χ3n) is 4.09. The van der Waals surface area contributed by atoms with Crippen molar-refractivity contribution in [2.45, 2.75) is 45.1 Å². The van der Waals surface area contributed by atoms with Crippen molar-refractivity contribution in [3.05, 3.63) is 34.6 Å². The molecule has 1 saturated carbocycles. The van der Waals surface area contributed by atoms with Gasteiger partial charge in [-0.3, -0.25) is 0 Å². The van der Waals surface area contributed by atoms with Crippen molar-refractivity contribution in [2.24, 2.45) is 11.1 Å². The zero-order valence-electron chi connectivity index (χ0n) is 10.2. The summed E-state index contributed by atoms with van der Waals surface area (Å²) in [6.45, 7) is 2.22. The van der Waals surface area contributed by atoms with Crippen molar-refractivity contribution in [3.63, 3.8) is 0 Å². The molecule has 0 saturated heterocycles. The summed E-state index contributed by atoms with van der Waals surface area (Å²) >= 11 is 5.89. The Labute approximate surface area is 107 Å². The van der Waals surface area contributed by atoms with E-state index < -0.39 is 0 Å². The lowest BCUT2D eigenvalue weighted by Gasteiger charge is -2.31. The first-order valence-electron chi connectivity index (χ1n) is 6.21. The maximum atomic E-state index is 13.6. The molecule has 1 aromatic carbocycles. The number of rotatable bonds is 3. The number of hydrogen-bond donors (Lipinski definition) is 1. The van der Waals surface area contributed by atoms with E-state index in [9.17, 15) is 4.39 Å². The fraction of sp³-hybridized carbons (Fsp3) is 0.571. The molecule has 1 aliphatic rings. The molecule has 0 aromatic heterocycles. The van der Waals surface area contributed by atoms with Gasteiger partial charge in [0.05, 0.1) is 0 Å². The highest BCUT2D eigenvalue weighted by Gasteiger charge is 2.34. The Morgan fingerprint density at radius 1 is 1.41 bits per heavy atom. The van der Waals surface area contributed by atoms with E-state index in [-0.39, 0.29) is 17.3 Å². The van der Waals surface area contributed by atoms with Gasteiger partial charge >= 0.3 is 0 Å². The summed E-state index contributed by atoms with van der Waals surface area (Å²) in [6.07, 6.45) is 5.35. The molecular weight excluding hydrogens is 237 g/mol. The molecule has 1 unspecified atom stereocenters. The van der Waals surface area contributed by atoms with Crippen molar-refractivity contribution >= 4 is 11.6 Å². The molecule has 0 amide bonds. The van der Waals surface area contributed by atoms with Crippen LogP contribution in [0.3, 0.4) is 0 Å². The lowest BCUT2D eigenvalue weighted by molar-refractivity contribution is 0.259. The number of hydrogen-bond acceptors (Lipinski definition) is 1. The summed E-state index contributed by atoms with van der Waals surface area (Å²) in [7, 11) is 0. The molecule has 94 valence electrons. The maximum absolute atomic E-state index is 13.6. The van der Waals surface area contributed by atoms with Gasteiger partial charge in [0.1, 0.15) is 5.82 Å². The van der Waals surface area contributed by atoms with Crippen LogP contribution in [0.15, 0.2) is 18.2 Å². The van der Waals surface area contributed by atoms with E-state index in [4.69, 9.17) is 17.3 Å². The Kier molecular flexibility index (Phi) is 3.74. The first-order valence-corrected chi connectivity index (χ1v) is 6.58. The lowest BCUT2D eigenvalue weighted by Crippen LogP contribution is -2.39. The van der Waals surface area contributed by atoms with Crippen LogP contribution < -0.4 is 5.73 Å². The summed E-state index contributed by atoms with van der Waals surface area (Å²) < 4.78 is 13.6. The quantitative estimate of drug-likeness (QED) is 0.870. The third-order valence-corrected chi connectivity index (χ3v) is 4.32. The molecule has 1 aliphatic carbocycles. The molecule has 3 heteroatoms. The van der Waals surface area contributed by atoms with E-state index in [1.807, 2.05) is 0 Å². The highest BCUT2D eigenvalue weighted by molar-refractivity contribution is 6.30. The topological polar surface area (TPSA) is 26.0 Å². The molecular formula is C14H19ClFN. The minimum absolute atomic E-state index is 0.0120. The average molecular weight is 256 g/mol. The van der Waals surface area contributed by atoms with Crippen LogP contribution >= 0.6 is 11.6 Å². The van der Waals surface area contributed by atoms with Gasteiger partial charge in [0.25, 0.3) is 0 Å². The molecule has 0 heterocycles. The number of nitrogens with two attached hydrogens (primary N) is 1. The van der Waals surface area contributed by atoms with Crippen LogP contribution in [-0.4, -0.2) is 6.04 Å². The first-order chi connectivity index (χ1) is 8.01. The zero-order valence-corrected chi connectivity index (χ0v) is 10.9. The molecule has 0 aliphatic heterocycles. The van der Waals surface area contributed by atoms with Crippen molar-refractivity contribution in [2.75, 3.05) is 0 Å². The highest BCUT2D eigenvalue weighted by atomic mass is 35.5. The molecule has 1 atom stereocenters. The van der Waals surface area contributed by atoms with E-state index >= 15 is 0 Å². The van der Waals surface area contributed by atoms with Gasteiger partial charge in [-0.2, -0.15) is 0 Å². The number of halogens is 2. The molecule has 0 spiro atoms. The van der Waals surface area contributed by atoms with E-state index in [2.05, 4.69) is 6.92 Å². The largest absolute Gasteiger partial charge is 0.327 e. The molecule has 2 N–H and O–H groups in total. The Morgan fingerprint density at radius 3 is 2.71 bits per heavy atom. The molecule has 1 nitrogen and oxygen atoms in total. The van der Waals surface area contributed by atoms with Crippen LogP contribution in [0.5, 0.6) is 0 Å². The Morgan fingerprint density at radius 2 is 2.06 bits per heavy atom. The van der Waals surface area contributed by atoms with Crippen LogP contribution in [0.25, 0.3) is 0 Å². The Bertz CT molecular complexity index is 399.